The second kappa shape index (κ2) is 9.35. The van der Waals surface area contributed by atoms with Gasteiger partial charge >= 0.3 is 17.9 Å². The van der Waals surface area contributed by atoms with E-state index in [1.165, 1.54) is 13.8 Å². The summed E-state index contributed by atoms with van der Waals surface area (Å²) in [6, 6.07) is 0. The number of nitrogens with zero attached hydrogens (tertiary/aromatic N) is 1. The lowest BCUT2D eigenvalue weighted by Gasteiger charge is -2.34. The van der Waals surface area contributed by atoms with Crippen LogP contribution in [0.15, 0.2) is 23.3 Å². The van der Waals surface area contributed by atoms with Crippen LogP contribution in [0.5, 0.6) is 0 Å². The molecule has 0 aromatic heterocycles. The van der Waals surface area contributed by atoms with Gasteiger partial charge < -0.3 is 19.1 Å². The van der Waals surface area contributed by atoms with Crippen LogP contribution in [-0.2, 0) is 33.4 Å². The smallest absolute Gasteiger partial charge is 0.350 e. The number of cyclic esters (lactones) is 1. The molecule has 2 heterocycles. The van der Waals surface area contributed by atoms with E-state index in [0.29, 0.717) is 25.1 Å². The van der Waals surface area contributed by atoms with Gasteiger partial charge in [-0.05, 0) is 27.3 Å². The molecule has 0 aromatic carbocycles. The number of carbonyl (C=O) groups is 4. The second-order valence-electron chi connectivity index (χ2n) is 7.73. The molecule has 2 rings (SSSR count). The first-order chi connectivity index (χ1) is 13.6. The van der Waals surface area contributed by atoms with Crippen molar-refractivity contribution in [2.75, 3.05) is 26.7 Å². The Morgan fingerprint density at radius 3 is 2.66 bits per heavy atom. The van der Waals surface area contributed by atoms with E-state index in [-0.39, 0.29) is 24.4 Å². The maximum atomic E-state index is 12.9. The molecular weight excluding hydrogens is 378 g/mol. The summed E-state index contributed by atoms with van der Waals surface area (Å²) >= 11 is 0. The molecule has 29 heavy (non-hydrogen) atoms. The van der Waals surface area contributed by atoms with Crippen LogP contribution in [0.3, 0.4) is 0 Å². The molecule has 0 N–H and O–H groups in total. The first-order valence-electron chi connectivity index (χ1n) is 9.73. The van der Waals surface area contributed by atoms with Crippen molar-refractivity contribution < 1.29 is 33.4 Å². The van der Waals surface area contributed by atoms with Crippen LogP contribution in [0, 0.1) is 5.92 Å². The summed E-state index contributed by atoms with van der Waals surface area (Å²) < 4.78 is 16.3. The molecule has 1 saturated heterocycles. The van der Waals surface area contributed by atoms with E-state index in [1.54, 1.807) is 26.0 Å². The van der Waals surface area contributed by atoms with Crippen LogP contribution in [0.4, 0.5) is 0 Å². The van der Waals surface area contributed by atoms with E-state index >= 15 is 0 Å². The van der Waals surface area contributed by atoms with Crippen molar-refractivity contribution in [2.45, 2.75) is 52.2 Å². The topological polar surface area (TPSA) is 99.2 Å². The van der Waals surface area contributed by atoms with Crippen molar-refractivity contribution in [1.82, 2.24) is 4.90 Å². The number of fused-ring (bicyclic) bond motifs is 2. The quantitative estimate of drug-likeness (QED) is 0.367. The highest BCUT2D eigenvalue weighted by molar-refractivity contribution is 6.01. The van der Waals surface area contributed by atoms with Gasteiger partial charge in [0.05, 0.1) is 0 Å². The Labute approximate surface area is 170 Å². The van der Waals surface area contributed by atoms with Crippen LogP contribution >= 0.6 is 0 Å². The minimum absolute atomic E-state index is 0.123. The van der Waals surface area contributed by atoms with Crippen LogP contribution in [0.2, 0.25) is 0 Å². The number of likely N-dealkylation sites (N-methyl/N-ethyl adjacent to an activating group) is 1. The summed E-state index contributed by atoms with van der Waals surface area (Å²) in [5.74, 6) is -2.95. The lowest BCUT2D eigenvalue weighted by atomic mass is 9.84. The Bertz CT molecular complexity index is 754. The SMILES string of the molecule is C/C=C1\C[C@@H](C)[C@](C)(OC(C)=O)C(=O)OCC2=CCN(C)CC[C@@H](OC1=O)C2=O. The lowest BCUT2D eigenvalue weighted by molar-refractivity contribution is -0.185. The highest BCUT2D eigenvalue weighted by atomic mass is 16.6. The molecule has 0 aliphatic carbocycles. The molecule has 0 aromatic rings. The first kappa shape index (κ1) is 22.8. The monoisotopic (exact) mass is 407 g/mol. The van der Waals surface area contributed by atoms with Crippen molar-refractivity contribution in [3.8, 4) is 0 Å². The molecule has 3 atom stereocenters. The Hall–Kier alpha value is -2.48. The fraction of sp³-hybridized carbons (Fsp3) is 0.619. The molecule has 160 valence electrons. The average molecular weight is 407 g/mol. The minimum atomic E-state index is -1.61. The van der Waals surface area contributed by atoms with Crippen molar-refractivity contribution in [3.63, 3.8) is 0 Å². The molecule has 2 aliphatic heterocycles. The number of esters is 3. The van der Waals surface area contributed by atoms with Crippen molar-refractivity contribution in [2.24, 2.45) is 5.92 Å². The predicted octanol–water partition coefficient (Wildman–Crippen LogP) is 1.58. The van der Waals surface area contributed by atoms with Gasteiger partial charge in [-0.25, -0.2) is 9.59 Å². The largest absolute Gasteiger partial charge is 0.458 e. The number of ether oxygens (including phenoxy) is 3. The molecule has 8 nitrogen and oxygen atoms in total. The highest BCUT2D eigenvalue weighted by Gasteiger charge is 2.45. The number of carbonyl (C=O) groups excluding carboxylic acids is 4. The first-order valence-corrected chi connectivity index (χ1v) is 9.73. The minimum Gasteiger partial charge on any atom is -0.458 e. The van der Waals surface area contributed by atoms with Crippen LogP contribution in [0.25, 0.3) is 0 Å². The van der Waals surface area contributed by atoms with Gasteiger partial charge in [0.2, 0.25) is 11.4 Å². The summed E-state index contributed by atoms with van der Waals surface area (Å²) in [5.41, 5.74) is -1.05. The number of ketones is 1. The Kier molecular flexibility index (Phi) is 7.35. The average Bonchev–Trinajstić information content (AvgIpc) is 2.65. The Morgan fingerprint density at radius 1 is 1.34 bits per heavy atom. The molecule has 0 radical (unpaired) electrons. The van der Waals surface area contributed by atoms with Gasteiger partial charge in [-0.1, -0.05) is 19.1 Å². The summed E-state index contributed by atoms with van der Waals surface area (Å²) in [7, 11) is 1.88. The predicted molar refractivity (Wildman–Crippen MR) is 104 cm³/mol. The summed E-state index contributed by atoms with van der Waals surface area (Å²) in [6.07, 6.45) is 2.78. The maximum Gasteiger partial charge on any atom is 0.350 e. The summed E-state index contributed by atoms with van der Waals surface area (Å²) in [6.45, 7) is 6.83. The molecule has 0 saturated carbocycles. The zero-order chi connectivity index (χ0) is 21.8. The van der Waals surface area contributed by atoms with Crippen LogP contribution in [-0.4, -0.2) is 67.0 Å². The van der Waals surface area contributed by atoms with Crippen molar-refractivity contribution in [3.05, 3.63) is 23.3 Å². The number of Topliss-reactive ketones (excluding diaryl/α,β-unsaturated/α-hetero) is 1. The normalized spacial score (nSPS) is 31.4. The van der Waals surface area contributed by atoms with Gasteiger partial charge in [0.15, 0.2) is 6.10 Å². The molecule has 0 amide bonds. The zero-order valence-corrected chi connectivity index (χ0v) is 17.6. The van der Waals surface area contributed by atoms with E-state index in [9.17, 15) is 19.2 Å². The van der Waals surface area contributed by atoms with E-state index in [0.717, 1.165) is 0 Å². The van der Waals surface area contributed by atoms with Gasteiger partial charge in [0.25, 0.3) is 0 Å². The van der Waals surface area contributed by atoms with E-state index in [2.05, 4.69) is 0 Å². The third-order valence-electron chi connectivity index (χ3n) is 5.48. The van der Waals surface area contributed by atoms with Crippen LogP contribution < -0.4 is 0 Å². The van der Waals surface area contributed by atoms with Gasteiger partial charge in [-0.15, -0.1) is 0 Å². The number of allylic oxidation sites excluding steroid dienone is 1. The maximum absolute atomic E-state index is 12.9. The van der Waals surface area contributed by atoms with Crippen LogP contribution in [0.1, 0.15) is 40.5 Å². The number of hydrogen-bond donors (Lipinski definition) is 0. The molecule has 0 unspecified atom stereocenters. The lowest BCUT2D eigenvalue weighted by Crippen LogP contribution is -2.48. The molecule has 0 spiro atoms. The fourth-order valence-electron chi connectivity index (χ4n) is 3.35. The van der Waals surface area contributed by atoms with E-state index in [1.807, 2.05) is 11.9 Å². The third-order valence-corrected chi connectivity index (χ3v) is 5.48. The molecule has 2 bridgehead atoms. The molecule has 1 fully saturated rings. The summed E-state index contributed by atoms with van der Waals surface area (Å²) in [4.78, 5) is 52.1. The van der Waals surface area contributed by atoms with E-state index in [4.69, 9.17) is 14.2 Å². The Balaban J connectivity index is 2.48. The van der Waals surface area contributed by atoms with Gasteiger partial charge in [0.1, 0.15) is 6.61 Å². The van der Waals surface area contributed by atoms with Gasteiger partial charge in [-0.2, -0.15) is 0 Å². The molecule has 8 heteroatoms. The second-order valence-corrected chi connectivity index (χ2v) is 7.73. The fourth-order valence-corrected chi connectivity index (χ4v) is 3.35. The number of hydrogen-bond acceptors (Lipinski definition) is 8. The third kappa shape index (κ3) is 5.32. The molecular formula is C21H29NO7. The van der Waals surface area contributed by atoms with Gasteiger partial charge in [0, 0.05) is 43.5 Å². The zero-order valence-electron chi connectivity index (χ0n) is 17.6. The number of rotatable bonds is 1. The highest BCUT2D eigenvalue weighted by Crippen LogP contribution is 2.31. The van der Waals surface area contributed by atoms with E-state index < -0.39 is 35.5 Å². The van der Waals surface area contributed by atoms with Crippen molar-refractivity contribution in [1.29, 1.82) is 0 Å². The van der Waals surface area contributed by atoms with Crippen molar-refractivity contribution >= 4 is 23.7 Å². The standard InChI is InChI=1S/C21H29NO7/c1-6-15-11-13(2)21(4,29-14(3)23)20(26)27-12-16-7-9-22(5)10-8-17(18(16)24)28-19(15)25/h6-7,13,17H,8-12H2,1-5H3/b15-6+,16-7?/t13-,17-,21+/m1/s1. The summed E-state index contributed by atoms with van der Waals surface area (Å²) in [5, 5.41) is 0. The van der Waals surface area contributed by atoms with Gasteiger partial charge in [-0.3, -0.25) is 9.59 Å². The Morgan fingerprint density at radius 2 is 2.03 bits per heavy atom. The molecule has 2 aliphatic rings.